The number of carbonyl (C=O) groups is 2. The van der Waals surface area contributed by atoms with Crippen molar-refractivity contribution in [3.63, 3.8) is 0 Å². The van der Waals surface area contributed by atoms with Gasteiger partial charge in [0.1, 0.15) is 17.2 Å². The van der Waals surface area contributed by atoms with Gasteiger partial charge in [-0.3, -0.25) is 9.59 Å². The van der Waals surface area contributed by atoms with Gasteiger partial charge in [-0.25, -0.2) is 12.7 Å². The van der Waals surface area contributed by atoms with Gasteiger partial charge in [-0.05, 0) is 43.7 Å². The highest BCUT2D eigenvalue weighted by molar-refractivity contribution is 7.99. The largest absolute Gasteiger partial charge is 0.494 e. The molecule has 28 heavy (non-hydrogen) atoms. The van der Waals surface area contributed by atoms with Gasteiger partial charge < -0.3 is 10.1 Å². The standard InChI is InChI=1S/C20H20N2O5S/c1-3-27-17-11-9-16(10-12-17)21-18(23)13-22-20(24)14(2)19(28(22,25)26)15-7-5-4-6-8-15/h4-12H,3,13H2,1-2H3,(H,21,23). The van der Waals surface area contributed by atoms with Crippen LogP contribution in [0.3, 0.4) is 0 Å². The zero-order chi connectivity index (χ0) is 20.3. The van der Waals surface area contributed by atoms with Gasteiger partial charge in [0.15, 0.2) is 0 Å². The van der Waals surface area contributed by atoms with E-state index in [2.05, 4.69) is 5.32 Å². The lowest BCUT2D eigenvalue weighted by Gasteiger charge is -2.16. The van der Waals surface area contributed by atoms with E-state index in [1.807, 2.05) is 6.92 Å². The quantitative estimate of drug-likeness (QED) is 0.805. The second-order valence-electron chi connectivity index (χ2n) is 6.14. The molecule has 1 N–H and O–H groups in total. The lowest BCUT2D eigenvalue weighted by atomic mass is 10.1. The third kappa shape index (κ3) is 3.77. The Balaban J connectivity index is 1.76. The highest BCUT2D eigenvalue weighted by Crippen LogP contribution is 2.35. The van der Waals surface area contributed by atoms with Gasteiger partial charge in [0.25, 0.3) is 15.9 Å². The number of hydrogen-bond acceptors (Lipinski definition) is 5. The number of carbonyl (C=O) groups excluding carboxylic acids is 2. The van der Waals surface area contributed by atoms with Crippen molar-refractivity contribution in [2.75, 3.05) is 18.5 Å². The van der Waals surface area contributed by atoms with Crippen molar-refractivity contribution in [1.29, 1.82) is 0 Å². The van der Waals surface area contributed by atoms with E-state index in [1.54, 1.807) is 54.6 Å². The summed E-state index contributed by atoms with van der Waals surface area (Å²) < 4.78 is 31.7. The number of sulfonamides is 1. The fraction of sp³-hybridized carbons (Fsp3) is 0.200. The normalized spacial score (nSPS) is 15.6. The molecule has 1 heterocycles. The van der Waals surface area contributed by atoms with Crippen molar-refractivity contribution in [3.05, 3.63) is 65.7 Å². The van der Waals surface area contributed by atoms with Crippen molar-refractivity contribution in [1.82, 2.24) is 4.31 Å². The maximum atomic E-state index is 12.9. The predicted molar refractivity (Wildman–Crippen MR) is 106 cm³/mol. The molecule has 146 valence electrons. The van der Waals surface area contributed by atoms with Crippen LogP contribution < -0.4 is 10.1 Å². The molecule has 0 unspecified atom stereocenters. The molecule has 8 heteroatoms. The van der Waals surface area contributed by atoms with Crippen molar-refractivity contribution in [2.24, 2.45) is 0 Å². The van der Waals surface area contributed by atoms with E-state index in [0.29, 0.717) is 27.9 Å². The zero-order valence-corrected chi connectivity index (χ0v) is 16.3. The molecule has 2 amide bonds. The van der Waals surface area contributed by atoms with E-state index >= 15 is 0 Å². The van der Waals surface area contributed by atoms with Crippen LogP contribution in [0.2, 0.25) is 0 Å². The first kappa shape index (κ1) is 19.6. The number of nitrogens with one attached hydrogen (secondary N) is 1. The maximum absolute atomic E-state index is 12.9. The average molecular weight is 400 g/mol. The smallest absolute Gasteiger partial charge is 0.268 e. The summed E-state index contributed by atoms with van der Waals surface area (Å²) in [6.07, 6.45) is 0. The second-order valence-corrected chi connectivity index (χ2v) is 7.94. The molecule has 0 aliphatic carbocycles. The highest BCUT2D eigenvalue weighted by atomic mass is 32.2. The van der Waals surface area contributed by atoms with E-state index in [0.717, 1.165) is 0 Å². The van der Waals surface area contributed by atoms with Gasteiger partial charge in [0.05, 0.1) is 6.61 Å². The van der Waals surface area contributed by atoms with Crippen LogP contribution in [-0.4, -0.2) is 37.7 Å². The molecule has 0 atom stereocenters. The summed E-state index contributed by atoms with van der Waals surface area (Å²) in [5.74, 6) is -0.644. The lowest BCUT2D eigenvalue weighted by Crippen LogP contribution is -2.38. The van der Waals surface area contributed by atoms with Crippen LogP contribution in [0.15, 0.2) is 60.2 Å². The van der Waals surface area contributed by atoms with Crippen molar-refractivity contribution in [3.8, 4) is 5.75 Å². The van der Waals surface area contributed by atoms with Gasteiger partial charge in [-0.15, -0.1) is 0 Å². The number of rotatable bonds is 6. The average Bonchev–Trinajstić information content (AvgIpc) is 2.83. The number of amides is 2. The molecule has 1 aliphatic heterocycles. The van der Waals surface area contributed by atoms with Gasteiger partial charge in [0, 0.05) is 11.3 Å². The number of benzene rings is 2. The first-order chi connectivity index (χ1) is 13.3. The van der Waals surface area contributed by atoms with Crippen LogP contribution >= 0.6 is 0 Å². The summed E-state index contributed by atoms with van der Waals surface area (Å²) in [4.78, 5) is 24.8. The first-order valence-electron chi connectivity index (χ1n) is 8.70. The van der Waals surface area contributed by atoms with Crippen LogP contribution in [0.25, 0.3) is 4.91 Å². The van der Waals surface area contributed by atoms with Crippen LogP contribution in [0.4, 0.5) is 5.69 Å². The Bertz CT molecular complexity index is 1030. The van der Waals surface area contributed by atoms with Gasteiger partial charge in [-0.2, -0.15) is 0 Å². The first-order valence-corrected chi connectivity index (χ1v) is 10.1. The molecule has 7 nitrogen and oxygen atoms in total. The van der Waals surface area contributed by atoms with E-state index < -0.39 is 28.4 Å². The zero-order valence-electron chi connectivity index (χ0n) is 15.5. The molecular weight excluding hydrogens is 380 g/mol. The summed E-state index contributed by atoms with van der Waals surface area (Å²) in [6.45, 7) is 3.24. The van der Waals surface area contributed by atoms with Crippen molar-refractivity contribution < 1.29 is 22.7 Å². The topological polar surface area (TPSA) is 92.8 Å². The molecule has 0 saturated carbocycles. The predicted octanol–water partition coefficient (Wildman–Crippen LogP) is 2.63. The number of nitrogens with zero attached hydrogens (tertiary/aromatic N) is 1. The summed E-state index contributed by atoms with van der Waals surface area (Å²) in [6, 6.07) is 15.0. The summed E-state index contributed by atoms with van der Waals surface area (Å²) >= 11 is 0. The lowest BCUT2D eigenvalue weighted by molar-refractivity contribution is -0.126. The molecule has 0 aromatic heterocycles. The molecule has 3 rings (SSSR count). The van der Waals surface area contributed by atoms with E-state index in [9.17, 15) is 18.0 Å². The highest BCUT2D eigenvalue weighted by Gasteiger charge is 2.43. The molecule has 0 radical (unpaired) electrons. The Hall–Kier alpha value is -3.13. The van der Waals surface area contributed by atoms with E-state index in [1.165, 1.54) is 6.92 Å². The molecule has 2 aromatic rings. The Morgan fingerprint density at radius 3 is 2.32 bits per heavy atom. The Labute approximate surface area is 163 Å². The van der Waals surface area contributed by atoms with E-state index in [-0.39, 0.29) is 10.5 Å². The minimum Gasteiger partial charge on any atom is -0.494 e. The fourth-order valence-corrected chi connectivity index (χ4v) is 4.71. The monoisotopic (exact) mass is 400 g/mol. The molecule has 0 fully saturated rings. The Kier molecular flexibility index (Phi) is 5.51. The van der Waals surface area contributed by atoms with Crippen molar-refractivity contribution >= 4 is 32.4 Å². The second kappa shape index (κ2) is 7.85. The summed E-state index contributed by atoms with van der Waals surface area (Å²) in [7, 11) is -4.10. The molecule has 2 aromatic carbocycles. The third-order valence-electron chi connectivity index (χ3n) is 4.21. The molecule has 0 saturated heterocycles. The van der Waals surface area contributed by atoms with Gasteiger partial charge in [-0.1, -0.05) is 30.3 Å². The molecule has 1 aliphatic rings. The Morgan fingerprint density at radius 1 is 1.07 bits per heavy atom. The molecule has 0 spiro atoms. The number of anilines is 1. The minimum absolute atomic E-state index is 0.0630. The van der Waals surface area contributed by atoms with Crippen LogP contribution in [-0.2, 0) is 19.6 Å². The molecule has 0 bridgehead atoms. The van der Waals surface area contributed by atoms with Crippen LogP contribution in [0, 0.1) is 0 Å². The van der Waals surface area contributed by atoms with E-state index in [4.69, 9.17) is 4.74 Å². The van der Waals surface area contributed by atoms with Crippen LogP contribution in [0.5, 0.6) is 5.75 Å². The Morgan fingerprint density at radius 2 is 1.71 bits per heavy atom. The minimum atomic E-state index is -4.10. The summed E-state index contributed by atoms with van der Waals surface area (Å²) in [5.41, 5.74) is 0.994. The molecular formula is C20H20N2O5S. The van der Waals surface area contributed by atoms with Gasteiger partial charge >= 0.3 is 0 Å². The SMILES string of the molecule is CCOc1ccc(NC(=O)CN2C(=O)C(C)=C(c3ccccc3)S2(=O)=O)cc1. The van der Waals surface area contributed by atoms with Gasteiger partial charge in [0.2, 0.25) is 5.91 Å². The number of ether oxygens (including phenoxy) is 1. The van der Waals surface area contributed by atoms with Crippen LogP contribution in [0.1, 0.15) is 19.4 Å². The number of hydrogen-bond donors (Lipinski definition) is 1. The van der Waals surface area contributed by atoms with Crippen molar-refractivity contribution in [2.45, 2.75) is 13.8 Å². The third-order valence-corrected chi connectivity index (χ3v) is 6.14. The maximum Gasteiger partial charge on any atom is 0.268 e. The summed E-state index contributed by atoms with van der Waals surface area (Å²) in [5, 5.41) is 2.59. The fourth-order valence-electron chi connectivity index (χ4n) is 2.94.